The molecule has 1 heterocycles. The van der Waals surface area contributed by atoms with Crippen LogP contribution in [-0.4, -0.2) is 77.0 Å². The highest BCUT2D eigenvalue weighted by Crippen LogP contribution is 2.20. The first-order chi connectivity index (χ1) is 9.17. The zero-order chi connectivity index (χ0) is 15.5. The molecule has 0 aliphatic carbocycles. The summed E-state index contributed by atoms with van der Waals surface area (Å²) >= 11 is 0. The van der Waals surface area contributed by atoms with Crippen molar-refractivity contribution in [2.45, 2.75) is 32.4 Å². The van der Waals surface area contributed by atoms with E-state index in [0.29, 0.717) is 6.54 Å². The number of carbonyl (C=O) groups excluding carboxylic acids is 1. The normalized spacial score (nSPS) is 22.6. The Balaban J connectivity index is 2.76. The number of urea groups is 1. The van der Waals surface area contributed by atoms with Gasteiger partial charge in [-0.2, -0.15) is 0 Å². The molecule has 0 radical (unpaired) electrons. The Morgan fingerprint density at radius 3 is 2.40 bits per heavy atom. The third-order valence-corrected chi connectivity index (χ3v) is 3.40. The number of carboxylic acid groups (broad SMARTS) is 1. The lowest BCUT2D eigenvalue weighted by Gasteiger charge is -2.34. The van der Waals surface area contributed by atoms with Crippen molar-refractivity contribution in [3.8, 4) is 0 Å². The Morgan fingerprint density at radius 1 is 1.35 bits per heavy atom. The van der Waals surface area contributed by atoms with Gasteiger partial charge in [0.15, 0.2) is 0 Å². The van der Waals surface area contributed by atoms with Crippen LogP contribution < -0.4 is 0 Å². The average Bonchev–Trinajstić information content (AvgIpc) is 2.82. The topological polar surface area (TPSA) is 90.3 Å². The molecule has 1 aliphatic heterocycles. The molecule has 0 aromatic carbocycles. The Morgan fingerprint density at radius 2 is 1.95 bits per heavy atom. The number of hydrogen-bond donors (Lipinski definition) is 2. The molecule has 20 heavy (non-hydrogen) atoms. The Hall–Kier alpha value is -1.34. The van der Waals surface area contributed by atoms with Crippen molar-refractivity contribution >= 4 is 12.0 Å². The van der Waals surface area contributed by atoms with Crippen LogP contribution in [0.25, 0.3) is 0 Å². The molecule has 7 nitrogen and oxygen atoms in total. The molecule has 1 fully saturated rings. The number of aliphatic hydroxyl groups is 1. The van der Waals surface area contributed by atoms with Gasteiger partial charge < -0.3 is 24.7 Å². The SMILES string of the molecule is CCN(CC(C)(C)O)C(=O)N(C)C1COCC1C(=O)O. The molecular formula is C13H24N2O5. The summed E-state index contributed by atoms with van der Waals surface area (Å²) in [6.07, 6.45) is 0. The van der Waals surface area contributed by atoms with Crippen LogP contribution in [0.15, 0.2) is 0 Å². The van der Waals surface area contributed by atoms with E-state index in [2.05, 4.69) is 0 Å². The predicted octanol–water partition coefficient (Wildman–Crippen LogP) is 0.231. The van der Waals surface area contributed by atoms with Crippen molar-refractivity contribution in [3.05, 3.63) is 0 Å². The maximum absolute atomic E-state index is 12.4. The molecule has 2 unspecified atom stereocenters. The minimum absolute atomic E-state index is 0.120. The molecule has 0 bridgehead atoms. The number of amides is 2. The lowest BCUT2D eigenvalue weighted by molar-refractivity contribution is -0.142. The van der Waals surface area contributed by atoms with Gasteiger partial charge in [-0.3, -0.25) is 4.79 Å². The standard InChI is InChI=1S/C13H24N2O5/c1-5-15(8-13(2,3)19)12(18)14(4)10-7-20-6-9(10)11(16)17/h9-10,19H,5-8H2,1-4H3,(H,16,17). The van der Waals surface area contributed by atoms with E-state index in [1.165, 1.54) is 9.80 Å². The first kappa shape index (κ1) is 16.7. The summed E-state index contributed by atoms with van der Waals surface area (Å²) in [6.45, 7) is 6.05. The monoisotopic (exact) mass is 288 g/mol. The van der Waals surface area contributed by atoms with Gasteiger partial charge >= 0.3 is 12.0 Å². The van der Waals surface area contributed by atoms with Gasteiger partial charge in [0.1, 0.15) is 5.92 Å². The van der Waals surface area contributed by atoms with Gasteiger partial charge in [0.05, 0.1) is 31.4 Å². The third-order valence-electron chi connectivity index (χ3n) is 3.40. The molecule has 0 spiro atoms. The number of carbonyl (C=O) groups is 2. The fourth-order valence-corrected chi connectivity index (χ4v) is 2.31. The number of likely N-dealkylation sites (N-methyl/N-ethyl adjacent to an activating group) is 2. The molecule has 0 aromatic heterocycles. The van der Waals surface area contributed by atoms with Gasteiger partial charge in [0.2, 0.25) is 0 Å². The number of ether oxygens (including phenoxy) is 1. The van der Waals surface area contributed by atoms with Gasteiger partial charge in [-0.15, -0.1) is 0 Å². The Labute approximate surface area is 119 Å². The summed E-state index contributed by atoms with van der Waals surface area (Å²) < 4.78 is 5.17. The van der Waals surface area contributed by atoms with E-state index in [0.717, 1.165) is 0 Å². The van der Waals surface area contributed by atoms with Gasteiger partial charge in [-0.05, 0) is 20.8 Å². The number of aliphatic carboxylic acids is 1. The summed E-state index contributed by atoms with van der Waals surface area (Å²) in [4.78, 5) is 26.4. The van der Waals surface area contributed by atoms with E-state index < -0.39 is 23.5 Å². The van der Waals surface area contributed by atoms with Crippen molar-refractivity contribution in [3.63, 3.8) is 0 Å². The summed E-state index contributed by atoms with van der Waals surface area (Å²) in [6, 6.07) is -0.771. The van der Waals surface area contributed by atoms with Gasteiger partial charge in [-0.1, -0.05) is 0 Å². The fourth-order valence-electron chi connectivity index (χ4n) is 2.31. The lowest BCUT2D eigenvalue weighted by atomic mass is 10.0. The molecule has 1 rings (SSSR count). The van der Waals surface area contributed by atoms with Crippen molar-refractivity contribution in [1.29, 1.82) is 0 Å². The van der Waals surface area contributed by atoms with Crippen LogP contribution in [0.1, 0.15) is 20.8 Å². The molecule has 2 N–H and O–H groups in total. The van der Waals surface area contributed by atoms with Gasteiger partial charge in [0, 0.05) is 13.6 Å². The smallest absolute Gasteiger partial charge is 0.320 e. The second kappa shape index (κ2) is 6.41. The molecule has 7 heteroatoms. The molecule has 2 amide bonds. The molecular weight excluding hydrogens is 264 g/mol. The second-order valence-corrected chi connectivity index (χ2v) is 5.77. The van der Waals surface area contributed by atoms with E-state index in [1.807, 2.05) is 6.92 Å². The van der Waals surface area contributed by atoms with Crippen LogP contribution in [0.4, 0.5) is 4.79 Å². The largest absolute Gasteiger partial charge is 0.481 e. The second-order valence-electron chi connectivity index (χ2n) is 5.77. The number of hydrogen-bond acceptors (Lipinski definition) is 4. The Bertz CT molecular complexity index is 366. The minimum Gasteiger partial charge on any atom is -0.481 e. The third kappa shape index (κ3) is 4.08. The first-order valence-electron chi connectivity index (χ1n) is 6.72. The van der Waals surface area contributed by atoms with Crippen LogP contribution in [0.3, 0.4) is 0 Å². The van der Waals surface area contributed by atoms with Crippen molar-refractivity contribution < 1.29 is 24.5 Å². The highest BCUT2D eigenvalue weighted by molar-refractivity contribution is 5.77. The van der Waals surface area contributed by atoms with Crippen LogP contribution in [0.2, 0.25) is 0 Å². The molecule has 1 saturated heterocycles. The summed E-state index contributed by atoms with van der Waals surface area (Å²) in [5, 5.41) is 18.9. The highest BCUT2D eigenvalue weighted by atomic mass is 16.5. The van der Waals surface area contributed by atoms with E-state index in [-0.39, 0.29) is 25.8 Å². The zero-order valence-corrected chi connectivity index (χ0v) is 12.5. The number of carboxylic acids is 1. The Kier molecular flexibility index (Phi) is 5.35. The summed E-state index contributed by atoms with van der Waals surface area (Å²) in [5.74, 6) is -1.66. The van der Waals surface area contributed by atoms with Crippen LogP contribution in [-0.2, 0) is 9.53 Å². The molecule has 116 valence electrons. The highest BCUT2D eigenvalue weighted by Gasteiger charge is 2.39. The number of rotatable bonds is 5. The minimum atomic E-state index is -0.995. The summed E-state index contributed by atoms with van der Waals surface area (Å²) in [7, 11) is 1.57. The van der Waals surface area contributed by atoms with E-state index in [9.17, 15) is 14.7 Å². The van der Waals surface area contributed by atoms with Gasteiger partial charge in [0.25, 0.3) is 0 Å². The first-order valence-corrected chi connectivity index (χ1v) is 6.72. The van der Waals surface area contributed by atoms with E-state index in [1.54, 1.807) is 20.9 Å². The van der Waals surface area contributed by atoms with Gasteiger partial charge in [-0.25, -0.2) is 4.79 Å². The van der Waals surface area contributed by atoms with Crippen LogP contribution in [0.5, 0.6) is 0 Å². The van der Waals surface area contributed by atoms with Crippen LogP contribution in [0, 0.1) is 5.92 Å². The predicted molar refractivity (Wildman–Crippen MR) is 72.4 cm³/mol. The lowest BCUT2D eigenvalue weighted by Crippen LogP contribution is -2.52. The molecule has 0 saturated carbocycles. The molecule has 1 aliphatic rings. The molecule has 2 atom stereocenters. The van der Waals surface area contributed by atoms with Crippen LogP contribution >= 0.6 is 0 Å². The average molecular weight is 288 g/mol. The zero-order valence-electron chi connectivity index (χ0n) is 12.5. The summed E-state index contributed by atoms with van der Waals surface area (Å²) in [5.41, 5.74) is -0.995. The number of nitrogens with zero attached hydrogens (tertiary/aromatic N) is 2. The maximum Gasteiger partial charge on any atom is 0.320 e. The maximum atomic E-state index is 12.4. The quantitative estimate of drug-likeness (QED) is 0.756. The van der Waals surface area contributed by atoms with Crippen molar-refractivity contribution in [1.82, 2.24) is 9.80 Å². The van der Waals surface area contributed by atoms with Crippen molar-refractivity contribution in [2.24, 2.45) is 5.92 Å². The molecule has 0 aromatic rings. The van der Waals surface area contributed by atoms with E-state index >= 15 is 0 Å². The fraction of sp³-hybridized carbons (Fsp3) is 0.846. The van der Waals surface area contributed by atoms with E-state index in [4.69, 9.17) is 9.84 Å². The van der Waals surface area contributed by atoms with Crippen molar-refractivity contribution in [2.75, 3.05) is 33.4 Å².